The highest BCUT2D eigenvalue weighted by atomic mass is 15.2. The standard InChI is InChI=1S/C20H29N3/c1-5-6-9-12-21-19-18-15-10-7-8-11-16(15)22-17(18)13-23(4)20(19)14(2)3/h7-8,10-11,14,20,22H,5-6,9,12-13H2,1-4H3. The average molecular weight is 311 g/mol. The van der Waals surface area contributed by atoms with Crippen molar-refractivity contribution in [3.05, 3.63) is 35.5 Å². The van der Waals surface area contributed by atoms with Crippen LogP contribution < -0.4 is 0 Å². The first-order valence-corrected chi connectivity index (χ1v) is 8.98. The molecule has 1 aliphatic heterocycles. The number of hydrogen-bond donors (Lipinski definition) is 1. The van der Waals surface area contributed by atoms with Gasteiger partial charge in [-0.1, -0.05) is 51.8 Å². The molecule has 2 heterocycles. The van der Waals surface area contributed by atoms with Crippen LogP contribution in [-0.4, -0.2) is 35.2 Å². The highest BCUT2D eigenvalue weighted by Gasteiger charge is 2.34. The van der Waals surface area contributed by atoms with Gasteiger partial charge in [0, 0.05) is 35.2 Å². The van der Waals surface area contributed by atoms with Gasteiger partial charge in [-0.15, -0.1) is 0 Å². The Balaban J connectivity index is 2.07. The first-order chi connectivity index (χ1) is 11.1. The molecule has 1 aromatic heterocycles. The van der Waals surface area contributed by atoms with Gasteiger partial charge < -0.3 is 4.98 Å². The molecule has 0 radical (unpaired) electrons. The zero-order valence-corrected chi connectivity index (χ0v) is 14.9. The molecule has 0 saturated carbocycles. The molecule has 3 nitrogen and oxygen atoms in total. The summed E-state index contributed by atoms with van der Waals surface area (Å²) < 4.78 is 0. The third-order valence-electron chi connectivity index (χ3n) is 4.88. The number of rotatable bonds is 5. The van der Waals surface area contributed by atoms with E-state index in [9.17, 15) is 0 Å². The highest BCUT2D eigenvalue weighted by Crippen LogP contribution is 2.32. The summed E-state index contributed by atoms with van der Waals surface area (Å²) in [6, 6.07) is 9.05. The lowest BCUT2D eigenvalue weighted by Crippen LogP contribution is -2.46. The predicted octanol–water partition coefficient (Wildman–Crippen LogP) is 4.62. The largest absolute Gasteiger partial charge is 0.357 e. The predicted molar refractivity (Wildman–Crippen MR) is 99.3 cm³/mol. The van der Waals surface area contributed by atoms with Crippen molar-refractivity contribution in [1.29, 1.82) is 0 Å². The maximum absolute atomic E-state index is 5.09. The Morgan fingerprint density at radius 1 is 1.26 bits per heavy atom. The lowest BCUT2D eigenvalue weighted by molar-refractivity contribution is 0.231. The van der Waals surface area contributed by atoms with Crippen LogP contribution in [0.5, 0.6) is 0 Å². The fourth-order valence-electron chi connectivity index (χ4n) is 3.87. The number of unbranched alkanes of at least 4 members (excludes halogenated alkanes) is 2. The maximum atomic E-state index is 5.09. The molecule has 3 rings (SSSR count). The Bertz CT molecular complexity index is 696. The molecule has 0 fully saturated rings. The number of nitrogens with zero attached hydrogens (tertiary/aromatic N) is 2. The van der Waals surface area contributed by atoms with E-state index in [2.05, 4.69) is 62.0 Å². The number of aromatic nitrogens is 1. The fraction of sp³-hybridized carbons (Fsp3) is 0.550. The highest BCUT2D eigenvalue weighted by molar-refractivity contribution is 6.15. The van der Waals surface area contributed by atoms with Gasteiger partial charge in [-0.25, -0.2) is 0 Å². The number of likely N-dealkylation sites (N-methyl/N-ethyl adjacent to an activating group) is 1. The molecular weight excluding hydrogens is 282 g/mol. The Hall–Kier alpha value is -1.61. The second-order valence-corrected chi connectivity index (χ2v) is 7.10. The Morgan fingerprint density at radius 3 is 2.78 bits per heavy atom. The molecule has 0 spiro atoms. The van der Waals surface area contributed by atoms with Crippen LogP contribution in [0.4, 0.5) is 0 Å². The van der Waals surface area contributed by atoms with Gasteiger partial charge >= 0.3 is 0 Å². The third-order valence-corrected chi connectivity index (χ3v) is 4.88. The van der Waals surface area contributed by atoms with Crippen LogP contribution in [0, 0.1) is 5.92 Å². The molecule has 1 unspecified atom stereocenters. The van der Waals surface area contributed by atoms with Gasteiger partial charge in [0.2, 0.25) is 0 Å². The summed E-state index contributed by atoms with van der Waals surface area (Å²) in [4.78, 5) is 11.2. The van der Waals surface area contributed by atoms with E-state index in [1.54, 1.807) is 0 Å². The molecular formula is C20H29N3. The number of benzene rings is 1. The molecule has 1 aromatic carbocycles. The van der Waals surface area contributed by atoms with Gasteiger partial charge in [-0.05, 0) is 25.5 Å². The lowest BCUT2D eigenvalue weighted by Gasteiger charge is -2.36. The maximum Gasteiger partial charge on any atom is 0.0619 e. The molecule has 0 aliphatic carbocycles. The summed E-state index contributed by atoms with van der Waals surface area (Å²) in [5.41, 5.74) is 5.21. The SMILES string of the molecule is CCCCCN=C1c2c([nH]c3ccccc23)CN(C)C1C(C)C. The van der Waals surface area contributed by atoms with E-state index in [0.29, 0.717) is 12.0 Å². The van der Waals surface area contributed by atoms with E-state index < -0.39 is 0 Å². The van der Waals surface area contributed by atoms with Gasteiger partial charge in [0.15, 0.2) is 0 Å². The van der Waals surface area contributed by atoms with Gasteiger partial charge in [0.1, 0.15) is 0 Å². The number of aliphatic imine (C=N–C) groups is 1. The minimum Gasteiger partial charge on any atom is -0.357 e. The van der Waals surface area contributed by atoms with Gasteiger partial charge in [0.25, 0.3) is 0 Å². The monoisotopic (exact) mass is 311 g/mol. The summed E-state index contributed by atoms with van der Waals surface area (Å²) >= 11 is 0. The molecule has 1 N–H and O–H groups in total. The number of hydrogen-bond acceptors (Lipinski definition) is 2. The van der Waals surface area contributed by atoms with Crippen LogP contribution in [0.3, 0.4) is 0 Å². The van der Waals surface area contributed by atoms with Crippen LogP contribution in [0.2, 0.25) is 0 Å². The van der Waals surface area contributed by atoms with Crippen molar-refractivity contribution in [3.63, 3.8) is 0 Å². The number of fused-ring (bicyclic) bond motifs is 3. The molecule has 0 bridgehead atoms. The number of para-hydroxylation sites is 1. The Morgan fingerprint density at radius 2 is 2.04 bits per heavy atom. The van der Waals surface area contributed by atoms with Crippen molar-refractivity contribution in [1.82, 2.24) is 9.88 Å². The zero-order chi connectivity index (χ0) is 16.4. The summed E-state index contributed by atoms with van der Waals surface area (Å²) in [5, 5.41) is 1.33. The normalized spacial score (nSPS) is 20.6. The van der Waals surface area contributed by atoms with E-state index in [-0.39, 0.29) is 0 Å². The van der Waals surface area contributed by atoms with Gasteiger partial charge in [-0.3, -0.25) is 9.89 Å². The third kappa shape index (κ3) is 3.07. The van der Waals surface area contributed by atoms with E-state index in [4.69, 9.17) is 4.99 Å². The zero-order valence-electron chi connectivity index (χ0n) is 14.9. The first-order valence-electron chi connectivity index (χ1n) is 8.98. The first kappa shape index (κ1) is 16.3. The molecule has 0 amide bonds. The van der Waals surface area contributed by atoms with Crippen molar-refractivity contribution < 1.29 is 0 Å². The number of H-pyrrole nitrogens is 1. The summed E-state index contributed by atoms with van der Waals surface area (Å²) in [6.07, 6.45) is 3.70. The fourth-order valence-corrected chi connectivity index (χ4v) is 3.87. The Labute approximate surface area is 139 Å². The van der Waals surface area contributed by atoms with Crippen LogP contribution in [-0.2, 0) is 6.54 Å². The quantitative estimate of drug-likeness (QED) is 0.803. The van der Waals surface area contributed by atoms with Crippen LogP contribution in [0.15, 0.2) is 29.3 Å². The van der Waals surface area contributed by atoms with Gasteiger partial charge in [0.05, 0.1) is 11.8 Å². The van der Waals surface area contributed by atoms with Crippen molar-refractivity contribution >= 4 is 16.6 Å². The van der Waals surface area contributed by atoms with E-state index >= 15 is 0 Å². The molecule has 0 saturated heterocycles. The average Bonchev–Trinajstić information content (AvgIpc) is 2.88. The van der Waals surface area contributed by atoms with Crippen molar-refractivity contribution in [2.24, 2.45) is 10.9 Å². The van der Waals surface area contributed by atoms with Crippen LogP contribution >= 0.6 is 0 Å². The molecule has 1 aliphatic rings. The second kappa shape index (κ2) is 6.88. The lowest BCUT2D eigenvalue weighted by atomic mass is 9.88. The molecule has 124 valence electrons. The summed E-state index contributed by atoms with van der Waals surface area (Å²) in [7, 11) is 2.22. The van der Waals surface area contributed by atoms with Crippen molar-refractivity contribution in [2.75, 3.05) is 13.6 Å². The molecule has 2 aromatic rings. The summed E-state index contributed by atoms with van der Waals surface area (Å²) in [6.45, 7) is 8.78. The van der Waals surface area contributed by atoms with E-state index in [1.807, 2.05) is 0 Å². The van der Waals surface area contributed by atoms with E-state index in [0.717, 1.165) is 13.1 Å². The number of aromatic amines is 1. The van der Waals surface area contributed by atoms with Crippen LogP contribution in [0.1, 0.15) is 51.3 Å². The number of nitrogens with one attached hydrogen (secondary N) is 1. The smallest absolute Gasteiger partial charge is 0.0619 e. The van der Waals surface area contributed by atoms with Crippen LogP contribution in [0.25, 0.3) is 10.9 Å². The second-order valence-electron chi connectivity index (χ2n) is 7.10. The van der Waals surface area contributed by atoms with Crippen molar-refractivity contribution in [3.8, 4) is 0 Å². The summed E-state index contributed by atoms with van der Waals surface area (Å²) in [5.74, 6) is 0.562. The van der Waals surface area contributed by atoms with Gasteiger partial charge in [-0.2, -0.15) is 0 Å². The molecule has 1 atom stereocenters. The van der Waals surface area contributed by atoms with Crippen molar-refractivity contribution in [2.45, 2.75) is 52.6 Å². The minimum absolute atomic E-state index is 0.406. The molecule has 3 heteroatoms. The molecule has 23 heavy (non-hydrogen) atoms. The topological polar surface area (TPSA) is 31.4 Å². The Kier molecular flexibility index (Phi) is 4.86. The minimum atomic E-state index is 0.406. The van der Waals surface area contributed by atoms with E-state index in [1.165, 1.54) is 47.1 Å².